The molecule has 132 valence electrons. The smallest absolute Gasteiger partial charge is 0.293 e. The number of nitro benzene ring substituents is 1. The number of non-ortho nitro benzene ring substituents is 1. The highest BCUT2D eigenvalue weighted by molar-refractivity contribution is 14.1. The normalized spacial score (nSPS) is 15.7. The van der Waals surface area contributed by atoms with Crippen LogP contribution in [0.1, 0.15) is 11.1 Å². The minimum absolute atomic E-state index is 0.0310. The molecule has 0 radical (unpaired) electrons. The molecule has 0 aliphatic carbocycles. The molecule has 1 N–H and O–H groups in total. The number of carbonyl (C=O) groups is 2. The fourth-order valence-electron chi connectivity index (χ4n) is 2.35. The Morgan fingerprint density at radius 3 is 2.69 bits per heavy atom. The van der Waals surface area contributed by atoms with Crippen molar-refractivity contribution in [2.45, 2.75) is 6.54 Å². The third-order valence-corrected chi connectivity index (χ3v) is 5.38. The van der Waals surface area contributed by atoms with E-state index in [4.69, 9.17) is 0 Å². The molecule has 1 fully saturated rings. The van der Waals surface area contributed by atoms with Gasteiger partial charge in [0.1, 0.15) is 5.75 Å². The van der Waals surface area contributed by atoms with Gasteiger partial charge in [0.05, 0.1) is 19.9 Å². The topological polar surface area (TPSA) is 101 Å². The van der Waals surface area contributed by atoms with Gasteiger partial charge in [-0.15, -0.1) is 0 Å². The predicted molar refractivity (Wildman–Crippen MR) is 105 cm³/mol. The number of amides is 2. The van der Waals surface area contributed by atoms with Gasteiger partial charge in [0.15, 0.2) is 0 Å². The zero-order valence-corrected chi connectivity index (χ0v) is 16.1. The molecular formula is C17H11IN2O5S. The number of thioether (sulfide) groups is 1. The third kappa shape index (κ3) is 3.88. The van der Waals surface area contributed by atoms with Gasteiger partial charge in [-0.25, -0.2) is 0 Å². The molecule has 0 atom stereocenters. The van der Waals surface area contributed by atoms with Crippen molar-refractivity contribution in [1.29, 1.82) is 0 Å². The number of carbonyl (C=O) groups excluding carboxylic acids is 2. The number of benzene rings is 2. The second kappa shape index (κ2) is 7.46. The number of hydrogen-bond acceptors (Lipinski definition) is 6. The standard InChI is InChI=1S/C17H11IN2O5S/c18-13-7-10(4-5-14(13)21)8-15-16(22)19(17(23)26-15)9-11-2-1-3-12(6-11)20(24)25/h1-8,21H,9H2/b15-8+. The fourth-order valence-corrected chi connectivity index (χ4v) is 3.73. The number of hydrogen-bond donors (Lipinski definition) is 1. The highest BCUT2D eigenvalue weighted by Gasteiger charge is 2.35. The molecule has 2 aromatic rings. The maximum atomic E-state index is 12.5. The summed E-state index contributed by atoms with van der Waals surface area (Å²) in [5.41, 5.74) is 1.10. The average Bonchev–Trinajstić information content (AvgIpc) is 2.86. The third-order valence-electron chi connectivity index (χ3n) is 3.61. The summed E-state index contributed by atoms with van der Waals surface area (Å²) in [6.45, 7) is -0.0310. The number of aromatic hydroxyl groups is 1. The van der Waals surface area contributed by atoms with E-state index in [-0.39, 0.29) is 22.9 Å². The summed E-state index contributed by atoms with van der Waals surface area (Å²) in [4.78, 5) is 36.4. The van der Waals surface area contributed by atoms with E-state index in [1.807, 2.05) is 22.6 Å². The van der Waals surface area contributed by atoms with Gasteiger partial charge in [-0.05, 0) is 63.7 Å². The molecule has 26 heavy (non-hydrogen) atoms. The van der Waals surface area contributed by atoms with Crippen LogP contribution in [0.4, 0.5) is 10.5 Å². The van der Waals surface area contributed by atoms with Crippen molar-refractivity contribution in [2.75, 3.05) is 0 Å². The molecule has 0 unspecified atom stereocenters. The van der Waals surface area contributed by atoms with Crippen molar-refractivity contribution in [3.63, 3.8) is 0 Å². The molecule has 1 saturated heterocycles. The van der Waals surface area contributed by atoms with Gasteiger partial charge in [0, 0.05) is 12.1 Å². The van der Waals surface area contributed by atoms with Gasteiger partial charge in [-0.1, -0.05) is 18.2 Å². The molecule has 0 saturated carbocycles. The molecule has 0 bridgehead atoms. The quantitative estimate of drug-likeness (QED) is 0.304. The largest absolute Gasteiger partial charge is 0.507 e. The monoisotopic (exact) mass is 482 g/mol. The molecular weight excluding hydrogens is 471 g/mol. The number of phenols is 1. The lowest BCUT2D eigenvalue weighted by atomic mass is 10.2. The average molecular weight is 482 g/mol. The second-order valence-corrected chi connectivity index (χ2v) is 7.56. The van der Waals surface area contributed by atoms with Crippen LogP contribution in [0.25, 0.3) is 6.08 Å². The summed E-state index contributed by atoms with van der Waals surface area (Å²) < 4.78 is 0.632. The minimum atomic E-state index is -0.524. The van der Waals surface area contributed by atoms with E-state index in [1.54, 1.807) is 24.3 Å². The second-order valence-electron chi connectivity index (χ2n) is 5.41. The zero-order valence-electron chi connectivity index (χ0n) is 13.1. The lowest BCUT2D eigenvalue weighted by Crippen LogP contribution is -2.27. The maximum Gasteiger partial charge on any atom is 0.293 e. The lowest BCUT2D eigenvalue weighted by Gasteiger charge is -2.12. The van der Waals surface area contributed by atoms with Crippen LogP contribution in [0.3, 0.4) is 0 Å². The molecule has 0 aromatic heterocycles. The van der Waals surface area contributed by atoms with Crippen molar-refractivity contribution in [3.05, 3.63) is 72.2 Å². The molecule has 1 aliphatic rings. The fraction of sp³-hybridized carbons (Fsp3) is 0.0588. The maximum absolute atomic E-state index is 12.5. The minimum Gasteiger partial charge on any atom is -0.507 e. The van der Waals surface area contributed by atoms with E-state index in [2.05, 4.69) is 0 Å². The summed E-state index contributed by atoms with van der Waals surface area (Å²) in [6.07, 6.45) is 1.58. The van der Waals surface area contributed by atoms with Gasteiger partial charge in [0.25, 0.3) is 16.8 Å². The Hall–Kier alpha value is -2.40. The van der Waals surface area contributed by atoms with E-state index < -0.39 is 16.1 Å². The summed E-state index contributed by atoms with van der Waals surface area (Å²) in [7, 11) is 0. The Morgan fingerprint density at radius 1 is 1.23 bits per heavy atom. The van der Waals surface area contributed by atoms with Gasteiger partial charge in [0.2, 0.25) is 0 Å². The van der Waals surface area contributed by atoms with Gasteiger partial charge < -0.3 is 5.11 Å². The Kier molecular flexibility index (Phi) is 5.28. The van der Waals surface area contributed by atoms with Crippen LogP contribution in [0.5, 0.6) is 5.75 Å². The van der Waals surface area contributed by atoms with Crippen LogP contribution in [-0.4, -0.2) is 26.1 Å². The molecule has 7 nitrogen and oxygen atoms in total. The van der Waals surface area contributed by atoms with Crippen LogP contribution < -0.4 is 0 Å². The number of nitrogens with zero attached hydrogens (tertiary/aromatic N) is 2. The zero-order chi connectivity index (χ0) is 18.8. The number of phenolic OH excluding ortho intramolecular Hbond substituents is 1. The molecule has 9 heteroatoms. The summed E-state index contributed by atoms with van der Waals surface area (Å²) in [5.74, 6) is -0.309. The first kappa shape index (κ1) is 18.4. The highest BCUT2D eigenvalue weighted by atomic mass is 127. The first-order valence-corrected chi connectivity index (χ1v) is 9.22. The first-order valence-electron chi connectivity index (χ1n) is 7.32. The lowest BCUT2D eigenvalue weighted by molar-refractivity contribution is -0.384. The van der Waals surface area contributed by atoms with Crippen molar-refractivity contribution >= 4 is 57.3 Å². The Morgan fingerprint density at radius 2 is 2.00 bits per heavy atom. The number of nitro groups is 1. The summed E-state index contributed by atoms with van der Waals surface area (Å²) >= 11 is 2.79. The van der Waals surface area contributed by atoms with Crippen molar-refractivity contribution in [1.82, 2.24) is 4.90 Å². The van der Waals surface area contributed by atoms with Crippen molar-refractivity contribution in [3.8, 4) is 5.75 Å². The molecule has 1 aliphatic heterocycles. The Bertz CT molecular complexity index is 960. The number of halogens is 1. The van der Waals surface area contributed by atoms with Gasteiger partial charge >= 0.3 is 0 Å². The Balaban J connectivity index is 1.82. The molecule has 2 aromatic carbocycles. The molecule has 1 heterocycles. The van der Waals surface area contributed by atoms with Crippen molar-refractivity contribution in [2.24, 2.45) is 0 Å². The van der Waals surface area contributed by atoms with Crippen LogP contribution in [0, 0.1) is 13.7 Å². The van der Waals surface area contributed by atoms with Gasteiger partial charge in [-0.2, -0.15) is 0 Å². The Labute approximate surface area is 166 Å². The molecule has 0 spiro atoms. The van der Waals surface area contributed by atoms with Gasteiger partial charge in [-0.3, -0.25) is 24.6 Å². The number of rotatable bonds is 4. The SMILES string of the molecule is O=C1S/C(=C/c2ccc(O)c(I)c2)C(=O)N1Cc1cccc([N+](=O)[O-])c1. The predicted octanol–water partition coefficient (Wildman–Crippen LogP) is 4.14. The van der Waals surface area contributed by atoms with Crippen LogP contribution in [0.2, 0.25) is 0 Å². The molecule has 2 amide bonds. The van der Waals surface area contributed by atoms with E-state index in [0.29, 0.717) is 14.7 Å². The van der Waals surface area contributed by atoms with E-state index in [1.165, 1.54) is 24.3 Å². The number of imide groups is 1. The van der Waals surface area contributed by atoms with Crippen LogP contribution >= 0.6 is 34.4 Å². The highest BCUT2D eigenvalue weighted by Crippen LogP contribution is 2.34. The van der Waals surface area contributed by atoms with Crippen LogP contribution in [-0.2, 0) is 11.3 Å². The van der Waals surface area contributed by atoms with E-state index in [9.17, 15) is 24.8 Å². The molecule has 3 rings (SSSR count). The van der Waals surface area contributed by atoms with E-state index >= 15 is 0 Å². The van der Waals surface area contributed by atoms with Crippen LogP contribution in [0.15, 0.2) is 47.4 Å². The van der Waals surface area contributed by atoms with E-state index in [0.717, 1.165) is 16.7 Å². The summed E-state index contributed by atoms with van der Waals surface area (Å²) in [6, 6.07) is 10.7. The van der Waals surface area contributed by atoms with Crippen molar-refractivity contribution < 1.29 is 19.6 Å². The first-order chi connectivity index (χ1) is 12.3. The summed E-state index contributed by atoms with van der Waals surface area (Å²) in [5, 5.41) is 20.0.